The van der Waals surface area contributed by atoms with Crippen LogP contribution in [0, 0.1) is 0 Å². The molecular weight excluding hydrogens is 218 g/mol. The smallest absolute Gasteiger partial charge is 0.284 e. The van der Waals surface area contributed by atoms with Gasteiger partial charge in [0.1, 0.15) is 10.6 Å². The number of halogens is 2. The van der Waals surface area contributed by atoms with Crippen LogP contribution in [0.3, 0.4) is 0 Å². The van der Waals surface area contributed by atoms with Gasteiger partial charge in [-0.1, -0.05) is 0 Å². The van der Waals surface area contributed by atoms with Crippen LogP contribution in [0.1, 0.15) is 12.1 Å². The van der Waals surface area contributed by atoms with Gasteiger partial charge in [0.2, 0.25) is 10.0 Å². The molecule has 0 spiro atoms. The molecule has 0 unspecified atom stereocenters. The summed E-state index contributed by atoms with van der Waals surface area (Å²) in [6, 6.07) is 0.844. The van der Waals surface area contributed by atoms with E-state index in [1.807, 2.05) is 0 Å². The second kappa shape index (κ2) is 3.46. The molecule has 14 heavy (non-hydrogen) atoms. The highest BCUT2D eigenvalue weighted by atomic mass is 32.2. The fourth-order valence-electron chi connectivity index (χ4n) is 0.841. The number of pyridine rings is 1. The number of rotatable bonds is 2. The van der Waals surface area contributed by atoms with E-state index in [1.54, 1.807) is 0 Å². The topological polar surface area (TPSA) is 93.3 Å². The van der Waals surface area contributed by atoms with Crippen molar-refractivity contribution in [2.24, 2.45) is 5.14 Å². The quantitative estimate of drug-likeness (QED) is 0.759. The monoisotopic (exact) mass is 224 g/mol. The summed E-state index contributed by atoms with van der Waals surface area (Å²) in [5.74, 6) is -1.11. The van der Waals surface area contributed by atoms with Gasteiger partial charge in [0.25, 0.3) is 6.43 Å². The molecule has 3 N–H and O–H groups in total. The molecule has 1 rings (SSSR count). The second-order valence-corrected chi connectivity index (χ2v) is 3.92. The molecule has 8 heteroatoms. The van der Waals surface area contributed by atoms with E-state index >= 15 is 0 Å². The molecule has 78 valence electrons. The molecule has 1 aromatic rings. The fourth-order valence-corrected chi connectivity index (χ4v) is 1.47. The average molecular weight is 224 g/mol. The lowest BCUT2D eigenvalue weighted by molar-refractivity contribution is 0.141. The van der Waals surface area contributed by atoms with Gasteiger partial charge in [0.05, 0.1) is 0 Å². The van der Waals surface area contributed by atoms with E-state index in [2.05, 4.69) is 10.1 Å². The predicted molar refractivity (Wildman–Crippen MR) is 42.2 cm³/mol. The van der Waals surface area contributed by atoms with Crippen LogP contribution in [-0.2, 0) is 10.0 Å². The third kappa shape index (κ3) is 1.96. The largest absolute Gasteiger partial charge is 0.505 e. The second-order valence-electron chi connectivity index (χ2n) is 2.39. The van der Waals surface area contributed by atoms with Gasteiger partial charge in [0, 0.05) is 6.20 Å². The maximum Gasteiger partial charge on any atom is 0.284 e. The zero-order valence-electron chi connectivity index (χ0n) is 6.68. The van der Waals surface area contributed by atoms with Crippen LogP contribution in [0.15, 0.2) is 17.2 Å². The van der Waals surface area contributed by atoms with E-state index in [0.29, 0.717) is 0 Å². The Morgan fingerprint density at radius 3 is 2.50 bits per heavy atom. The minimum absolute atomic E-state index is 0.761. The number of alkyl halides is 2. The average Bonchev–Trinajstić information content (AvgIpc) is 2.01. The summed E-state index contributed by atoms with van der Waals surface area (Å²) in [4.78, 5) is 2.37. The zero-order valence-corrected chi connectivity index (χ0v) is 7.50. The molecule has 0 bridgehead atoms. The highest BCUT2D eigenvalue weighted by Crippen LogP contribution is 2.30. The van der Waals surface area contributed by atoms with Gasteiger partial charge in [0.15, 0.2) is 5.75 Å². The molecule has 0 aliphatic heterocycles. The Balaban J connectivity index is 3.43. The molecule has 0 fully saturated rings. The minimum atomic E-state index is -4.21. The van der Waals surface area contributed by atoms with Crippen LogP contribution in [0.25, 0.3) is 0 Å². The van der Waals surface area contributed by atoms with E-state index in [0.717, 1.165) is 12.3 Å². The van der Waals surface area contributed by atoms with Crippen LogP contribution in [-0.4, -0.2) is 18.5 Å². The third-order valence-electron chi connectivity index (χ3n) is 1.43. The maximum atomic E-state index is 12.1. The minimum Gasteiger partial charge on any atom is -0.505 e. The van der Waals surface area contributed by atoms with Crippen molar-refractivity contribution < 1.29 is 22.3 Å². The number of sulfonamides is 1. The summed E-state index contributed by atoms with van der Waals surface area (Å²) in [6.45, 7) is 0. The van der Waals surface area contributed by atoms with Gasteiger partial charge < -0.3 is 5.11 Å². The molecular formula is C6H6F2N2O3S. The normalized spacial score (nSPS) is 12.0. The van der Waals surface area contributed by atoms with Gasteiger partial charge in [-0.25, -0.2) is 22.3 Å². The van der Waals surface area contributed by atoms with Crippen molar-refractivity contribution in [1.82, 2.24) is 4.98 Å². The van der Waals surface area contributed by atoms with Gasteiger partial charge >= 0.3 is 0 Å². The van der Waals surface area contributed by atoms with Gasteiger partial charge in [-0.05, 0) is 6.07 Å². The Morgan fingerprint density at radius 1 is 1.50 bits per heavy atom. The molecule has 0 atom stereocenters. The van der Waals surface area contributed by atoms with E-state index in [1.165, 1.54) is 0 Å². The number of nitrogens with two attached hydrogens (primary N) is 1. The molecule has 0 saturated carbocycles. The Morgan fingerprint density at radius 2 is 2.07 bits per heavy atom. The van der Waals surface area contributed by atoms with Gasteiger partial charge in [-0.2, -0.15) is 0 Å². The summed E-state index contributed by atoms with van der Waals surface area (Å²) in [5, 5.41) is 13.8. The first-order valence-electron chi connectivity index (χ1n) is 3.33. The van der Waals surface area contributed by atoms with Gasteiger partial charge in [-0.15, -0.1) is 0 Å². The van der Waals surface area contributed by atoms with Crippen molar-refractivity contribution in [3.05, 3.63) is 18.0 Å². The molecule has 0 radical (unpaired) electrons. The predicted octanol–water partition coefficient (Wildman–Crippen LogP) is 0.372. The maximum absolute atomic E-state index is 12.1. The molecule has 5 nitrogen and oxygen atoms in total. The lowest BCUT2D eigenvalue weighted by Crippen LogP contribution is -2.13. The number of hydrogen-bond acceptors (Lipinski definition) is 4. The number of aromatic hydroxyl groups is 1. The van der Waals surface area contributed by atoms with Crippen LogP contribution in [0.4, 0.5) is 8.78 Å². The highest BCUT2D eigenvalue weighted by molar-refractivity contribution is 7.89. The molecule has 0 aliphatic carbocycles. The Hall–Kier alpha value is -1.28. The molecule has 0 saturated heterocycles. The van der Waals surface area contributed by atoms with Crippen molar-refractivity contribution >= 4 is 10.0 Å². The standard InChI is InChI=1S/C6H6F2N2O3S/c7-6(8)4-5(11)3(1-2-10-4)14(9,12)13/h1-2,6,11H,(H2,9,12,13). The summed E-state index contributed by atoms with van der Waals surface area (Å²) in [5.41, 5.74) is -1.00. The Kier molecular flexibility index (Phi) is 2.67. The molecule has 0 aliphatic rings. The number of primary sulfonamides is 1. The molecule has 0 aromatic carbocycles. The molecule has 0 amide bonds. The van der Waals surface area contributed by atoms with Crippen molar-refractivity contribution in [2.45, 2.75) is 11.3 Å². The van der Waals surface area contributed by atoms with E-state index < -0.39 is 32.8 Å². The fraction of sp³-hybridized carbons (Fsp3) is 0.167. The SMILES string of the molecule is NS(=O)(=O)c1ccnc(C(F)F)c1O. The Bertz CT molecular complexity index is 446. The zero-order chi connectivity index (χ0) is 10.9. The first-order chi connectivity index (χ1) is 6.34. The lowest BCUT2D eigenvalue weighted by Gasteiger charge is -2.05. The van der Waals surface area contributed by atoms with E-state index in [9.17, 15) is 17.2 Å². The number of nitrogens with zero attached hydrogens (tertiary/aromatic N) is 1. The molecule has 1 aromatic heterocycles. The summed E-state index contributed by atoms with van der Waals surface area (Å²) in [6.07, 6.45) is -2.22. The van der Waals surface area contributed by atoms with Crippen molar-refractivity contribution in [3.63, 3.8) is 0 Å². The first kappa shape index (κ1) is 10.8. The van der Waals surface area contributed by atoms with Crippen LogP contribution in [0.2, 0.25) is 0 Å². The van der Waals surface area contributed by atoms with Crippen LogP contribution >= 0.6 is 0 Å². The van der Waals surface area contributed by atoms with Crippen LogP contribution < -0.4 is 5.14 Å². The van der Waals surface area contributed by atoms with Crippen LogP contribution in [0.5, 0.6) is 5.75 Å². The van der Waals surface area contributed by atoms with Crippen molar-refractivity contribution in [2.75, 3.05) is 0 Å². The van der Waals surface area contributed by atoms with E-state index in [4.69, 9.17) is 5.11 Å². The van der Waals surface area contributed by atoms with Gasteiger partial charge in [-0.3, -0.25) is 4.98 Å². The van der Waals surface area contributed by atoms with Crippen molar-refractivity contribution in [1.29, 1.82) is 0 Å². The molecule has 1 heterocycles. The Labute approximate surface area is 78.2 Å². The van der Waals surface area contributed by atoms with E-state index in [-0.39, 0.29) is 0 Å². The summed E-state index contributed by atoms with van der Waals surface area (Å²) < 4.78 is 45.8. The first-order valence-corrected chi connectivity index (χ1v) is 4.87. The summed E-state index contributed by atoms with van der Waals surface area (Å²) >= 11 is 0. The van der Waals surface area contributed by atoms with Crippen molar-refractivity contribution in [3.8, 4) is 5.75 Å². The lowest BCUT2D eigenvalue weighted by atomic mass is 10.3. The summed E-state index contributed by atoms with van der Waals surface area (Å²) in [7, 11) is -4.21. The highest BCUT2D eigenvalue weighted by Gasteiger charge is 2.22. The third-order valence-corrected chi connectivity index (χ3v) is 2.37. The number of hydrogen-bond donors (Lipinski definition) is 2. The number of aromatic nitrogens is 1.